The zero-order chi connectivity index (χ0) is 21.3. The van der Waals surface area contributed by atoms with Crippen LogP contribution >= 0.6 is 0 Å². The van der Waals surface area contributed by atoms with Crippen molar-refractivity contribution >= 4 is 23.4 Å². The van der Waals surface area contributed by atoms with E-state index in [1.165, 1.54) is 0 Å². The van der Waals surface area contributed by atoms with Gasteiger partial charge in [-0.25, -0.2) is 0 Å². The van der Waals surface area contributed by atoms with E-state index in [2.05, 4.69) is 5.32 Å². The standard InChI is InChI=1S/C22H29N3O5/c1-14(2)21(27)23-16-4-3-7-24(13-16)22(28)15-10-20(26)25(12-15)17-5-6-18-19(11-17)30-9-8-29-18/h5-6,11,14-16H,3-4,7-10,12-13H2,1-2H3,(H,23,27). The maximum absolute atomic E-state index is 13.1. The number of nitrogens with zero attached hydrogens (tertiary/aromatic N) is 2. The first-order valence-corrected chi connectivity index (χ1v) is 10.7. The van der Waals surface area contributed by atoms with E-state index in [-0.39, 0.29) is 42.0 Å². The lowest BCUT2D eigenvalue weighted by atomic mass is 10.0. The van der Waals surface area contributed by atoms with Crippen LogP contribution in [0.3, 0.4) is 0 Å². The number of rotatable bonds is 4. The predicted octanol–water partition coefficient (Wildman–Crippen LogP) is 1.57. The molecule has 0 spiro atoms. The lowest BCUT2D eigenvalue weighted by Crippen LogP contribution is -2.51. The first-order chi connectivity index (χ1) is 14.4. The molecule has 162 valence electrons. The molecule has 0 aliphatic carbocycles. The lowest BCUT2D eigenvalue weighted by molar-refractivity contribution is -0.138. The van der Waals surface area contributed by atoms with Gasteiger partial charge in [0.25, 0.3) is 0 Å². The van der Waals surface area contributed by atoms with Crippen molar-refractivity contribution in [2.24, 2.45) is 11.8 Å². The summed E-state index contributed by atoms with van der Waals surface area (Å²) in [6, 6.07) is 5.41. The van der Waals surface area contributed by atoms with Gasteiger partial charge in [-0.15, -0.1) is 0 Å². The summed E-state index contributed by atoms with van der Waals surface area (Å²) in [7, 11) is 0. The number of fused-ring (bicyclic) bond motifs is 1. The fraction of sp³-hybridized carbons (Fsp3) is 0.591. The molecule has 3 aliphatic heterocycles. The highest BCUT2D eigenvalue weighted by atomic mass is 16.6. The van der Waals surface area contributed by atoms with Gasteiger partial charge in [-0.05, 0) is 25.0 Å². The van der Waals surface area contributed by atoms with E-state index < -0.39 is 0 Å². The Labute approximate surface area is 176 Å². The van der Waals surface area contributed by atoms with E-state index in [1.54, 1.807) is 21.9 Å². The molecule has 2 fully saturated rings. The van der Waals surface area contributed by atoms with Crippen LogP contribution in [-0.2, 0) is 14.4 Å². The van der Waals surface area contributed by atoms with Crippen LogP contribution in [-0.4, -0.2) is 61.5 Å². The van der Waals surface area contributed by atoms with Crippen LogP contribution in [0.4, 0.5) is 5.69 Å². The molecule has 2 saturated heterocycles. The van der Waals surface area contributed by atoms with Gasteiger partial charge < -0.3 is 24.6 Å². The number of hydrogen-bond acceptors (Lipinski definition) is 5. The highest BCUT2D eigenvalue weighted by Crippen LogP contribution is 2.36. The average molecular weight is 415 g/mol. The largest absolute Gasteiger partial charge is 0.486 e. The Morgan fingerprint density at radius 1 is 1.13 bits per heavy atom. The summed E-state index contributed by atoms with van der Waals surface area (Å²) < 4.78 is 11.2. The number of ether oxygens (including phenoxy) is 2. The van der Waals surface area contributed by atoms with Crippen LogP contribution in [0.15, 0.2) is 18.2 Å². The number of carbonyl (C=O) groups excluding carboxylic acids is 3. The van der Waals surface area contributed by atoms with Gasteiger partial charge in [-0.1, -0.05) is 13.8 Å². The molecule has 3 heterocycles. The van der Waals surface area contributed by atoms with E-state index >= 15 is 0 Å². The van der Waals surface area contributed by atoms with Gasteiger partial charge in [-0.3, -0.25) is 14.4 Å². The molecule has 8 heteroatoms. The predicted molar refractivity (Wildman–Crippen MR) is 110 cm³/mol. The van der Waals surface area contributed by atoms with Gasteiger partial charge in [-0.2, -0.15) is 0 Å². The minimum Gasteiger partial charge on any atom is -0.486 e. The topological polar surface area (TPSA) is 88.2 Å². The Bertz CT molecular complexity index is 840. The smallest absolute Gasteiger partial charge is 0.228 e. The molecule has 8 nitrogen and oxygen atoms in total. The van der Waals surface area contributed by atoms with Crippen molar-refractivity contribution in [3.63, 3.8) is 0 Å². The van der Waals surface area contributed by atoms with Crippen LogP contribution in [0.2, 0.25) is 0 Å². The Hall–Kier alpha value is -2.77. The molecule has 0 bridgehead atoms. The van der Waals surface area contributed by atoms with E-state index in [1.807, 2.05) is 19.9 Å². The van der Waals surface area contributed by atoms with Crippen LogP contribution < -0.4 is 19.7 Å². The number of benzene rings is 1. The minimum absolute atomic E-state index is 0.00751. The molecular weight excluding hydrogens is 386 g/mol. The molecule has 1 aromatic carbocycles. The quantitative estimate of drug-likeness (QED) is 0.807. The molecule has 0 aromatic heterocycles. The third-order valence-electron chi connectivity index (χ3n) is 5.92. The molecule has 1 N–H and O–H groups in total. The maximum Gasteiger partial charge on any atom is 0.228 e. The first kappa shape index (κ1) is 20.5. The Morgan fingerprint density at radius 3 is 2.67 bits per heavy atom. The van der Waals surface area contributed by atoms with E-state index in [9.17, 15) is 14.4 Å². The Morgan fingerprint density at radius 2 is 1.90 bits per heavy atom. The number of likely N-dealkylation sites (tertiary alicyclic amines) is 1. The van der Waals surface area contributed by atoms with Crippen LogP contribution in [0.1, 0.15) is 33.1 Å². The van der Waals surface area contributed by atoms with Crippen LogP contribution in [0, 0.1) is 11.8 Å². The summed E-state index contributed by atoms with van der Waals surface area (Å²) >= 11 is 0. The molecule has 3 amide bonds. The van der Waals surface area contributed by atoms with Gasteiger partial charge in [0.2, 0.25) is 17.7 Å². The maximum atomic E-state index is 13.1. The highest BCUT2D eigenvalue weighted by molar-refractivity contribution is 6.00. The van der Waals surface area contributed by atoms with Crippen molar-refractivity contribution in [3.05, 3.63) is 18.2 Å². The molecule has 2 unspecified atom stereocenters. The van der Waals surface area contributed by atoms with Gasteiger partial charge >= 0.3 is 0 Å². The number of carbonyl (C=O) groups is 3. The Kier molecular flexibility index (Phi) is 5.83. The minimum atomic E-state index is -0.370. The van der Waals surface area contributed by atoms with E-state index in [0.29, 0.717) is 44.3 Å². The molecule has 4 rings (SSSR count). The van der Waals surface area contributed by atoms with Crippen molar-refractivity contribution in [1.82, 2.24) is 10.2 Å². The van der Waals surface area contributed by atoms with Gasteiger partial charge in [0.1, 0.15) is 13.2 Å². The fourth-order valence-electron chi connectivity index (χ4n) is 4.24. The van der Waals surface area contributed by atoms with Crippen molar-refractivity contribution in [1.29, 1.82) is 0 Å². The van der Waals surface area contributed by atoms with E-state index in [4.69, 9.17) is 9.47 Å². The van der Waals surface area contributed by atoms with Gasteiger partial charge in [0.15, 0.2) is 11.5 Å². The fourth-order valence-corrected chi connectivity index (χ4v) is 4.24. The normalized spacial score (nSPS) is 23.6. The molecule has 0 saturated carbocycles. The number of amides is 3. The number of hydrogen-bond donors (Lipinski definition) is 1. The third-order valence-corrected chi connectivity index (χ3v) is 5.92. The molecular formula is C22H29N3O5. The van der Waals surface area contributed by atoms with Crippen molar-refractivity contribution in [2.75, 3.05) is 37.7 Å². The monoisotopic (exact) mass is 415 g/mol. The lowest BCUT2D eigenvalue weighted by Gasteiger charge is -2.35. The van der Waals surface area contributed by atoms with Crippen molar-refractivity contribution < 1.29 is 23.9 Å². The second kappa shape index (κ2) is 8.53. The van der Waals surface area contributed by atoms with Crippen molar-refractivity contribution in [2.45, 2.75) is 39.2 Å². The summed E-state index contributed by atoms with van der Waals surface area (Å²) in [5.74, 6) is 0.787. The molecule has 1 aromatic rings. The number of anilines is 1. The zero-order valence-corrected chi connectivity index (χ0v) is 17.6. The number of piperidine rings is 1. The van der Waals surface area contributed by atoms with Crippen LogP contribution in [0.5, 0.6) is 11.5 Å². The SMILES string of the molecule is CC(C)C(=O)NC1CCCN(C(=O)C2CC(=O)N(c3ccc4c(c3)OCCO4)C2)C1. The number of nitrogens with one attached hydrogen (secondary N) is 1. The third kappa shape index (κ3) is 4.22. The second-order valence-corrected chi connectivity index (χ2v) is 8.52. The van der Waals surface area contributed by atoms with Crippen LogP contribution in [0.25, 0.3) is 0 Å². The van der Waals surface area contributed by atoms with Gasteiger partial charge in [0, 0.05) is 49.8 Å². The molecule has 0 radical (unpaired) electrons. The Balaban J connectivity index is 1.40. The summed E-state index contributed by atoms with van der Waals surface area (Å²) in [5.41, 5.74) is 0.722. The highest BCUT2D eigenvalue weighted by Gasteiger charge is 2.38. The summed E-state index contributed by atoms with van der Waals surface area (Å²) in [4.78, 5) is 41.2. The summed E-state index contributed by atoms with van der Waals surface area (Å²) in [6.45, 7) is 6.24. The zero-order valence-electron chi connectivity index (χ0n) is 17.6. The first-order valence-electron chi connectivity index (χ1n) is 10.7. The second-order valence-electron chi connectivity index (χ2n) is 8.52. The van der Waals surface area contributed by atoms with Crippen molar-refractivity contribution in [3.8, 4) is 11.5 Å². The average Bonchev–Trinajstić information content (AvgIpc) is 3.14. The molecule has 30 heavy (non-hydrogen) atoms. The summed E-state index contributed by atoms with van der Waals surface area (Å²) in [6.07, 6.45) is 1.92. The van der Waals surface area contributed by atoms with E-state index in [0.717, 1.165) is 18.5 Å². The molecule has 3 aliphatic rings. The summed E-state index contributed by atoms with van der Waals surface area (Å²) in [5, 5.41) is 3.03. The molecule has 2 atom stereocenters. The van der Waals surface area contributed by atoms with Gasteiger partial charge in [0.05, 0.1) is 5.92 Å².